The average Bonchev–Trinajstić information content (AvgIpc) is 3.01. The molecule has 3 rings (SSSR count). The van der Waals surface area contributed by atoms with Crippen molar-refractivity contribution in [3.63, 3.8) is 0 Å². The molecule has 0 radical (unpaired) electrons. The molecule has 0 amide bonds. The van der Waals surface area contributed by atoms with Crippen molar-refractivity contribution >= 4 is 0 Å². The molecule has 0 fully saturated rings. The summed E-state index contributed by atoms with van der Waals surface area (Å²) in [6.07, 6.45) is 14.6. The van der Waals surface area contributed by atoms with Gasteiger partial charge in [0, 0.05) is 6.42 Å². The first kappa shape index (κ1) is 10.1. The third kappa shape index (κ3) is 1.93. The second kappa shape index (κ2) is 4.44. The first-order valence-electron chi connectivity index (χ1n) is 5.84. The Hall–Kier alpha value is -1.06. The van der Waals surface area contributed by atoms with Crippen LogP contribution >= 0.6 is 0 Å². The molecule has 0 aromatic rings. The van der Waals surface area contributed by atoms with E-state index in [1.165, 1.54) is 0 Å². The first-order chi connectivity index (χ1) is 7.93. The monoisotopic (exact) mass is 220 g/mol. The van der Waals surface area contributed by atoms with E-state index in [9.17, 15) is 0 Å². The van der Waals surface area contributed by atoms with Crippen molar-refractivity contribution in [2.24, 2.45) is 0 Å². The van der Waals surface area contributed by atoms with Gasteiger partial charge in [-0.15, -0.1) is 0 Å². The van der Waals surface area contributed by atoms with Gasteiger partial charge in [-0.25, -0.2) is 0 Å². The number of ether oxygens (including phenoxy) is 3. The first-order valence-corrected chi connectivity index (χ1v) is 5.84. The maximum absolute atomic E-state index is 5.95. The van der Waals surface area contributed by atoms with Crippen molar-refractivity contribution in [3.8, 4) is 0 Å². The Kier molecular flexibility index (Phi) is 2.80. The molecule has 0 aliphatic carbocycles. The summed E-state index contributed by atoms with van der Waals surface area (Å²) in [5.74, 6) is 0. The molecule has 3 heteroatoms. The lowest BCUT2D eigenvalue weighted by atomic mass is 10.1. The zero-order valence-electron chi connectivity index (χ0n) is 9.12. The molecule has 3 aliphatic heterocycles. The third-order valence-electron chi connectivity index (χ3n) is 3.20. The second-order valence-corrected chi connectivity index (χ2v) is 4.31. The minimum Gasteiger partial charge on any atom is -0.495 e. The largest absolute Gasteiger partial charge is 0.495 e. The topological polar surface area (TPSA) is 27.7 Å². The summed E-state index contributed by atoms with van der Waals surface area (Å²) in [5, 5.41) is 0. The van der Waals surface area contributed by atoms with Crippen LogP contribution in [0, 0.1) is 0 Å². The lowest BCUT2D eigenvalue weighted by molar-refractivity contribution is -0.0804. The van der Waals surface area contributed by atoms with Gasteiger partial charge in [0.25, 0.3) is 0 Å². The van der Waals surface area contributed by atoms with Gasteiger partial charge in [0.15, 0.2) is 0 Å². The highest BCUT2D eigenvalue weighted by molar-refractivity contribution is 5.11. The SMILES string of the molecule is C1=CC[C@@H]([C@H]2C=C[C@H]([C@@H]3CC=CO3)O2)OC1. The highest BCUT2D eigenvalue weighted by atomic mass is 16.6. The maximum Gasteiger partial charge on any atom is 0.131 e. The molecule has 86 valence electrons. The molecule has 0 aromatic heterocycles. The van der Waals surface area contributed by atoms with E-state index >= 15 is 0 Å². The molecular weight excluding hydrogens is 204 g/mol. The lowest BCUT2D eigenvalue weighted by Gasteiger charge is -2.26. The van der Waals surface area contributed by atoms with Crippen LogP contribution in [0.1, 0.15) is 12.8 Å². The van der Waals surface area contributed by atoms with Gasteiger partial charge in [0.2, 0.25) is 0 Å². The Bertz CT molecular complexity index is 324. The van der Waals surface area contributed by atoms with Gasteiger partial charge in [0.05, 0.1) is 19.0 Å². The number of rotatable bonds is 2. The highest BCUT2D eigenvalue weighted by Gasteiger charge is 2.33. The summed E-state index contributed by atoms with van der Waals surface area (Å²) in [5.41, 5.74) is 0. The van der Waals surface area contributed by atoms with Crippen LogP contribution < -0.4 is 0 Å². The summed E-state index contributed by atoms with van der Waals surface area (Å²) >= 11 is 0. The van der Waals surface area contributed by atoms with Gasteiger partial charge >= 0.3 is 0 Å². The molecule has 0 unspecified atom stereocenters. The minimum absolute atomic E-state index is 0.0782. The van der Waals surface area contributed by atoms with E-state index in [0.717, 1.165) is 12.8 Å². The Labute approximate surface area is 95.4 Å². The minimum atomic E-state index is 0.0782. The van der Waals surface area contributed by atoms with Crippen molar-refractivity contribution in [3.05, 3.63) is 36.6 Å². The van der Waals surface area contributed by atoms with E-state index in [1.54, 1.807) is 6.26 Å². The van der Waals surface area contributed by atoms with Crippen LogP contribution in [0.4, 0.5) is 0 Å². The van der Waals surface area contributed by atoms with Gasteiger partial charge in [-0.05, 0) is 12.5 Å². The normalized spacial score (nSPS) is 41.5. The average molecular weight is 220 g/mol. The van der Waals surface area contributed by atoms with Crippen molar-refractivity contribution in [2.75, 3.05) is 6.61 Å². The Morgan fingerprint density at radius 1 is 0.875 bits per heavy atom. The van der Waals surface area contributed by atoms with Crippen LogP contribution in [0.5, 0.6) is 0 Å². The molecular formula is C13H16O3. The van der Waals surface area contributed by atoms with Crippen LogP contribution in [0.15, 0.2) is 36.6 Å². The molecule has 3 heterocycles. The fourth-order valence-corrected chi connectivity index (χ4v) is 2.30. The third-order valence-corrected chi connectivity index (χ3v) is 3.20. The zero-order valence-corrected chi connectivity index (χ0v) is 9.12. The maximum atomic E-state index is 5.95. The van der Waals surface area contributed by atoms with Crippen LogP contribution in [-0.2, 0) is 14.2 Å². The summed E-state index contributed by atoms with van der Waals surface area (Å²) in [6.45, 7) is 0.699. The predicted molar refractivity (Wildman–Crippen MR) is 59.9 cm³/mol. The van der Waals surface area contributed by atoms with Crippen molar-refractivity contribution in [1.29, 1.82) is 0 Å². The van der Waals surface area contributed by atoms with Crippen LogP contribution in [-0.4, -0.2) is 31.0 Å². The molecule has 0 aromatic carbocycles. The Balaban J connectivity index is 1.57. The second-order valence-electron chi connectivity index (χ2n) is 4.31. The molecule has 0 saturated carbocycles. The summed E-state index contributed by atoms with van der Waals surface area (Å²) < 4.78 is 17.1. The fraction of sp³-hybridized carbons (Fsp3) is 0.538. The molecule has 0 bridgehead atoms. The Morgan fingerprint density at radius 2 is 1.69 bits per heavy atom. The molecule has 0 spiro atoms. The summed E-state index contributed by atoms with van der Waals surface area (Å²) in [4.78, 5) is 0. The van der Waals surface area contributed by atoms with Gasteiger partial charge < -0.3 is 14.2 Å². The van der Waals surface area contributed by atoms with E-state index in [4.69, 9.17) is 14.2 Å². The zero-order chi connectivity index (χ0) is 10.8. The van der Waals surface area contributed by atoms with Gasteiger partial charge in [0.1, 0.15) is 18.3 Å². The highest BCUT2D eigenvalue weighted by Crippen LogP contribution is 2.26. The van der Waals surface area contributed by atoms with Gasteiger partial charge in [-0.2, -0.15) is 0 Å². The molecule has 0 saturated heterocycles. The fourth-order valence-electron chi connectivity index (χ4n) is 2.30. The summed E-state index contributed by atoms with van der Waals surface area (Å²) in [6, 6.07) is 0. The standard InChI is InChI=1S/C13H16O3/c1-2-8-14-10(4-1)12-6-7-13(16-12)11-5-3-9-15-11/h1-3,6-7,9-13H,4-5,8H2/t10-,11-,12+,13+/m0/s1. The van der Waals surface area contributed by atoms with E-state index in [2.05, 4.69) is 24.3 Å². The van der Waals surface area contributed by atoms with Crippen LogP contribution in [0.25, 0.3) is 0 Å². The Morgan fingerprint density at radius 3 is 2.38 bits per heavy atom. The molecule has 16 heavy (non-hydrogen) atoms. The predicted octanol–water partition coefficient (Wildman–Crippen LogP) is 1.96. The number of hydrogen-bond acceptors (Lipinski definition) is 3. The molecule has 3 nitrogen and oxygen atoms in total. The number of hydrogen-bond donors (Lipinski definition) is 0. The molecule has 0 N–H and O–H groups in total. The van der Waals surface area contributed by atoms with Crippen molar-refractivity contribution < 1.29 is 14.2 Å². The van der Waals surface area contributed by atoms with Gasteiger partial charge in [-0.1, -0.05) is 24.3 Å². The van der Waals surface area contributed by atoms with Crippen molar-refractivity contribution in [2.45, 2.75) is 37.3 Å². The van der Waals surface area contributed by atoms with E-state index < -0.39 is 0 Å². The van der Waals surface area contributed by atoms with Gasteiger partial charge in [-0.3, -0.25) is 0 Å². The van der Waals surface area contributed by atoms with Crippen LogP contribution in [0.3, 0.4) is 0 Å². The van der Waals surface area contributed by atoms with E-state index in [0.29, 0.717) is 6.61 Å². The summed E-state index contributed by atoms with van der Waals surface area (Å²) in [7, 11) is 0. The smallest absolute Gasteiger partial charge is 0.131 e. The lowest BCUT2D eigenvalue weighted by Crippen LogP contribution is -2.34. The van der Waals surface area contributed by atoms with Crippen LogP contribution in [0.2, 0.25) is 0 Å². The van der Waals surface area contributed by atoms with Crippen molar-refractivity contribution in [1.82, 2.24) is 0 Å². The quantitative estimate of drug-likeness (QED) is 0.666. The van der Waals surface area contributed by atoms with E-state index in [-0.39, 0.29) is 24.4 Å². The molecule has 3 aliphatic rings. The van der Waals surface area contributed by atoms with E-state index in [1.807, 2.05) is 6.08 Å². The molecule has 4 atom stereocenters.